The predicted octanol–water partition coefficient (Wildman–Crippen LogP) is 2.76. The Bertz CT molecular complexity index is 312. The summed E-state index contributed by atoms with van der Waals surface area (Å²) in [5.41, 5.74) is 2.28. The van der Waals surface area contributed by atoms with Crippen molar-refractivity contribution in [3.63, 3.8) is 0 Å². The van der Waals surface area contributed by atoms with Crippen molar-refractivity contribution in [2.75, 3.05) is 0 Å². The minimum absolute atomic E-state index is 0.107. The molecule has 1 aromatic rings. The van der Waals surface area contributed by atoms with Crippen molar-refractivity contribution in [3.05, 3.63) is 36.2 Å². The number of allylic oxidation sites excluding steroid dienone is 1. The van der Waals surface area contributed by atoms with E-state index in [0.29, 0.717) is 0 Å². The van der Waals surface area contributed by atoms with Gasteiger partial charge < -0.3 is 9.67 Å². The highest BCUT2D eigenvalue weighted by molar-refractivity contribution is 5.17. The van der Waals surface area contributed by atoms with Gasteiger partial charge in [0.25, 0.3) is 0 Å². The van der Waals surface area contributed by atoms with Gasteiger partial charge in [0.1, 0.15) is 0 Å². The van der Waals surface area contributed by atoms with Crippen molar-refractivity contribution in [2.24, 2.45) is 5.92 Å². The van der Waals surface area contributed by atoms with Crippen LogP contribution in [0.25, 0.3) is 0 Å². The van der Waals surface area contributed by atoms with Crippen LogP contribution in [0, 0.1) is 5.92 Å². The fourth-order valence-electron chi connectivity index (χ4n) is 1.71. The van der Waals surface area contributed by atoms with E-state index >= 15 is 0 Å². The Balaban J connectivity index is 2.77. The first-order chi connectivity index (χ1) is 7.19. The highest BCUT2D eigenvalue weighted by Crippen LogP contribution is 2.14. The summed E-state index contributed by atoms with van der Waals surface area (Å²) in [6.07, 6.45) is 4.13. The summed E-state index contributed by atoms with van der Waals surface area (Å²) in [6, 6.07) is 4.11. The van der Waals surface area contributed by atoms with Crippen LogP contribution in [0.2, 0.25) is 0 Å². The van der Waals surface area contributed by atoms with Gasteiger partial charge in [-0.15, -0.1) is 6.58 Å². The molecule has 0 aliphatic rings. The number of hydrogen-bond donors (Lipinski definition) is 1. The van der Waals surface area contributed by atoms with Gasteiger partial charge in [0.2, 0.25) is 0 Å². The van der Waals surface area contributed by atoms with E-state index in [2.05, 4.69) is 31.1 Å². The molecule has 0 fully saturated rings. The molecule has 0 spiro atoms. The van der Waals surface area contributed by atoms with Crippen LogP contribution in [0.3, 0.4) is 0 Å². The molecule has 0 radical (unpaired) electrons. The summed E-state index contributed by atoms with van der Waals surface area (Å²) < 4.78 is 2.15. The van der Waals surface area contributed by atoms with Crippen LogP contribution in [-0.2, 0) is 19.6 Å². The molecule has 2 nitrogen and oxygen atoms in total. The fraction of sp³-hybridized carbons (Fsp3) is 0.538. The molecule has 0 amide bonds. The third-order valence-electron chi connectivity index (χ3n) is 2.61. The second kappa shape index (κ2) is 5.76. The summed E-state index contributed by atoms with van der Waals surface area (Å²) in [7, 11) is 0. The molecule has 1 N–H and O–H groups in total. The van der Waals surface area contributed by atoms with E-state index in [1.54, 1.807) is 0 Å². The topological polar surface area (TPSA) is 25.2 Å². The molecule has 1 rings (SSSR count). The zero-order valence-corrected chi connectivity index (χ0v) is 9.74. The highest BCUT2D eigenvalue weighted by Gasteiger charge is 2.06. The average Bonchev–Trinajstić information content (AvgIpc) is 2.58. The third kappa shape index (κ3) is 3.24. The van der Waals surface area contributed by atoms with Gasteiger partial charge >= 0.3 is 0 Å². The maximum Gasteiger partial charge on any atom is 0.0833 e. The molecule has 0 aliphatic heterocycles. The maximum absolute atomic E-state index is 9.18. The van der Waals surface area contributed by atoms with Gasteiger partial charge in [0.05, 0.1) is 6.61 Å². The van der Waals surface area contributed by atoms with Crippen LogP contribution in [-0.4, -0.2) is 9.67 Å². The van der Waals surface area contributed by atoms with Crippen LogP contribution >= 0.6 is 0 Å². The molecule has 84 valence electrons. The first kappa shape index (κ1) is 12.1. The lowest BCUT2D eigenvalue weighted by molar-refractivity contribution is 0.271. The number of nitrogens with zero attached hydrogens (tertiary/aromatic N) is 1. The summed E-state index contributed by atoms with van der Waals surface area (Å²) in [6.45, 7) is 9.10. The van der Waals surface area contributed by atoms with E-state index < -0.39 is 0 Å². The summed E-state index contributed by atoms with van der Waals surface area (Å²) in [4.78, 5) is 0. The number of aliphatic hydroxyl groups is 1. The summed E-state index contributed by atoms with van der Waals surface area (Å²) in [5, 5.41) is 9.18. The van der Waals surface area contributed by atoms with E-state index in [1.807, 2.05) is 12.1 Å². The summed E-state index contributed by atoms with van der Waals surface area (Å²) in [5.74, 6) is 0.717. The Morgan fingerprint density at radius 1 is 1.40 bits per heavy atom. The van der Waals surface area contributed by atoms with Crippen LogP contribution in [0.15, 0.2) is 24.8 Å². The first-order valence-electron chi connectivity index (χ1n) is 5.58. The highest BCUT2D eigenvalue weighted by atomic mass is 16.3. The molecule has 0 atom stereocenters. The number of aromatic nitrogens is 1. The van der Waals surface area contributed by atoms with Gasteiger partial charge in [-0.3, -0.25) is 0 Å². The average molecular weight is 207 g/mol. The Labute approximate surface area is 92.2 Å². The number of hydrogen-bond acceptors (Lipinski definition) is 1. The lowest BCUT2D eigenvalue weighted by atomic mass is 10.1. The van der Waals surface area contributed by atoms with Crippen molar-refractivity contribution in [2.45, 2.75) is 39.8 Å². The van der Waals surface area contributed by atoms with E-state index in [-0.39, 0.29) is 6.61 Å². The first-order valence-corrected chi connectivity index (χ1v) is 5.58. The Morgan fingerprint density at radius 2 is 2.07 bits per heavy atom. The van der Waals surface area contributed by atoms with E-state index in [4.69, 9.17) is 0 Å². The minimum atomic E-state index is 0.107. The molecular weight excluding hydrogens is 186 g/mol. The van der Waals surface area contributed by atoms with Crippen LogP contribution in [0.1, 0.15) is 31.7 Å². The van der Waals surface area contributed by atoms with Gasteiger partial charge in [-0.1, -0.05) is 19.9 Å². The number of rotatable bonds is 6. The van der Waals surface area contributed by atoms with Gasteiger partial charge in [0, 0.05) is 17.9 Å². The lowest BCUT2D eigenvalue weighted by Gasteiger charge is -2.11. The van der Waals surface area contributed by atoms with E-state index in [1.165, 1.54) is 12.1 Å². The molecule has 15 heavy (non-hydrogen) atoms. The fourth-order valence-corrected chi connectivity index (χ4v) is 1.71. The van der Waals surface area contributed by atoms with Gasteiger partial charge in [-0.2, -0.15) is 0 Å². The molecule has 0 aliphatic carbocycles. The number of aliphatic hydroxyl groups excluding tert-OH is 1. The smallest absolute Gasteiger partial charge is 0.0833 e. The van der Waals surface area contributed by atoms with Crippen LogP contribution in [0.5, 0.6) is 0 Å². The zero-order valence-electron chi connectivity index (χ0n) is 9.74. The molecule has 0 unspecified atom stereocenters. The normalized spacial score (nSPS) is 10.9. The van der Waals surface area contributed by atoms with E-state index in [0.717, 1.165) is 24.6 Å². The summed E-state index contributed by atoms with van der Waals surface area (Å²) >= 11 is 0. The van der Waals surface area contributed by atoms with Gasteiger partial charge in [0.15, 0.2) is 0 Å². The molecule has 0 aromatic carbocycles. The zero-order chi connectivity index (χ0) is 11.3. The number of aryl methyl sites for hydroxylation is 1. The Morgan fingerprint density at radius 3 is 2.60 bits per heavy atom. The Kier molecular flexibility index (Phi) is 4.63. The minimum Gasteiger partial charge on any atom is -0.390 e. The largest absolute Gasteiger partial charge is 0.390 e. The van der Waals surface area contributed by atoms with Crippen molar-refractivity contribution < 1.29 is 5.11 Å². The molecular formula is C13H21NO. The van der Waals surface area contributed by atoms with Crippen LogP contribution in [0.4, 0.5) is 0 Å². The van der Waals surface area contributed by atoms with Crippen molar-refractivity contribution in [3.8, 4) is 0 Å². The maximum atomic E-state index is 9.18. The van der Waals surface area contributed by atoms with Crippen molar-refractivity contribution in [1.82, 2.24) is 4.57 Å². The quantitative estimate of drug-likeness (QED) is 0.713. The van der Waals surface area contributed by atoms with Crippen LogP contribution < -0.4 is 0 Å². The van der Waals surface area contributed by atoms with Crippen molar-refractivity contribution >= 4 is 0 Å². The van der Waals surface area contributed by atoms with Crippen molar-refractivity contribution in [1.29, 1.82) is 0 Å². The predicted molar refractivity (Wildman–Crippen MR) is 63.7 cm³/mol. The second-order valence-corrected chi connectivity index (χ2v) is 4.31. The molecule has 0 bridgehead atoms. The molecule has 2 heteroatoms. The SMILES string of the molecule is C=CCn1c(CO)ccc1CCC(C)C. The lowest BCUT2D eigenvalue weighted by Crippen LogP contribution is -2.06. The third-order valence-corrected chi connectivity index (χ3v) is 2.61. The Hall–Kier alpha value is -1.02. The molecule has 1 aromatic heterocycles. The monoisotopic (exact) mass is 207 g/mol. The van der Waals surface area contributed by atoms with Gasteiger partial charge in [-0.25, -0.2) is 0 Å². The van der Waals surface area contributed by atoms with Gasteiger partial charge in [-0.05, 0) is 30.9 Å². The second-order valence-electron chi connectivity index (χ2n) is 4.31. The van der Waals surface area contributed by atoms with E-state index in [9.17, 15) is 5.11 Å². The molecule has 0 saturated carbocycles. The standard InChI is InChI=1S/C13H21NO/c1-4-9-14-12(6-5-11(2)3)7-8-13(14)10-15/h4,7-8,11,15H,1,5-6,9-10H2,2-3H3. The molecule has 1 heterocycles. The molecule has 0 saturated heterocycles.